The minimum Gasteiger partial charge on any atom is -0.336 e. The van der Waals surface area contributed by atoms with E-state index in [1.165, 1.54) is 51.4 Å². The highest BCUT2D eigenvalue weighted by molar-refractivity contribution is 5.85. The van der Waals surface area contributed by atoms with Gasteiger partial charge in [0, 0.05) is 12.1 Å². The molecule has 0 heterocycles. The first-order valence-corrected chi connectivity index (χ1v) is 8.26. The van der Waals surface area contributed by atoms with E-state index < -0.39 is 0 Å². The van der Waals surface area contributed by atoms with Crippen LogP contribution in [0.25, 0.3) is 0 Å². The van der Waals surface area contributed by atoms with Crippen molar-refractivity contribution in [3.8, 4) is 0 Å². The van der Waals surface area contributed by atoms with Crippen LogP contribution in [0.15, 0.2) is 0 Å². The standard InChI is InChI=1S/C16H28N2O.ClH/c1-12-2-6-14(7-3-12)18(15-8-9-15)16(19)11-17-10-13-4-5-13;/h12-15,17H,2-11H2,1H3;1H. The molecule has 0 atom stereocenters. The molecule has 4 heteroatoms. The first-order valence-electron chi connectivity index (χ1n) is 8.26. The lowest BCUT2D eigenvalue weighted by molar-refractivity contribution is -0.134. The van der Waals surface area contributed by atoms with Crippen LogP contribution < -0.4 is 5.32 Å². The summed E-state index contributed by atoms with van der Waals surface area (Å²) >= 11 is 0. The van der Waals surface area contributed by atoms with Crippen molar-refractivity contribution in [1.29, 1.82) is 0 Å². The molecular formula is C16H29ClN2O. The van der Waals surface area contributed by atoms with Crippen LogP contribution in [-0.2, 0) is 4.79 Å². The monoisotopic (exact) mass is 300 g/mol. The number of hydrogen-bond donors (Lipinski definition) is 1. The number of amides is 1. The Kier molecular flexibility index (Phi) is 5.74. The van der Waals surface area contributed by atoms with Gasteiger partial charge in [-0.1, -0.05) is 6.92 Å². The minimum atomic E-state index is 0. The van der Waals surface area contributed by atoms with E-state index in [9.17, 15) is 4.79 Å². The lowest BCUT2D eigenvalue weighted by Gasteiger charge is -2.36. The lowest BCUT2D eigenvalue weighted by atomic mass is 9.86. The van der Waals surface area contributed by atoms with Gasteiger partial charge in [-0.05, 0) is 69.7 Å². The number of rotatable bonds is 6. The average Bonchev–Trinajstić information content (AvgIpc) is 3.25. The zero-order chi connectivity index (χ0) is 13.2. The van der Waals surface area contributed by atoms with E-state index in [2.05, 4.69) is 17.1 Å². The number of carbonyl (C=O) groups excluding carboxylic acids is 1. The highest BCUT2D eigenvalue weighted by Crippen LogP contribution is 2.35. The smallest absolute Gasteiger partial charge is 0.237 e. The van der Waals surface area contributed by atoms with Crippen LogP contribution in [0.3, 0.4) is 0 Å². The summed E-state index contributed by atoms with van der Waals surface area (Å²) in [6.07, 6.45) is 10.2. The van der Waals surface area contributed by atoms with Gasteiger partial charge in [0.25, 0.3) is 0 Å². The second-order valence-electron chi connectivity index (χ2n) is 7.02. The third-order valence-electron chi connectivity index (χ3n) is 5.01. The van der Waals surface area contributed by atoms with Crippen LogP contribution >= 0.6 is 12.4 Å². The van der Waals surface area contributed by atoms with E-state index in [-0.39, 0.29) is 12.4 Å². The molecule has 0 aromatic heterocycles. The van der Waals surface area contributed by atoms with Crippen molar-refractivity contribution < 1.29 is 4.79 Å². The van der Waals surface area contributed by atoms with Gasteiger partial charge in [-0.25, -0.2) is 0 Å². The first-order chi connectivity index (χ1) is 9.24. The van der Waals surface area contributed by atoms with Crippen molar-refractivity contribution in [1.82, 2.24) is 10.2 Å². The molecular weight excluding hydrogens is 272 g/mol. The summed E-state index contributed by atoms with van der Waals surface area (Å²) < 4.78 is 0. The fraction of sp³-hybridized carbons (Fsp3) is 0.938. The molecule has 0 aromatic rings. The number of halogens is 1. The van der Waals surface area contributed by atoms with Crippen molar-refractivity contribution >= 4 is 18.3 Å². The number of hydrogen-bond acceptors (Lipinski definition) is 2. The molecule has 116 valence electrons. The van der Waals surface area contributed by atoms with E-state index in [4.69, 9.17) is 0 Å². The minimum absolute atomic E-state index is 0. The Balaban J connectivity index is 0.00000147. The zero-order valence-electron chi connectivity index (χ0n) is 12.6. The summed E-state index contributed by atoms with van der Waals surface area (Å²) in [4.78, 5) is 14.7. The molecule has 0 radical (unpaired) electrons. The predicted octanol–water partition coefficient (Wildman–Crippen LogP) is 2.98. The Bertz CT molecular complexity index is 320. The van der Waals surface area contributed by atoms with Gasteiger partial charge in [-0.2, -0.15) is 0 Å². The molecule has 3 aliphatic carbocycles. The average molecular weight is 301 g/mol. The molecule has 0 unspecified atom stereocenters. The molecule has 3 fully saturated rings. The van der Waals surface area contributed by atoms with Crippen LogP contribution in [0.2, 0.25) is 0 Å². The van der Waals surface area contributed by atoms with Gasteiger partial charge in [0.1, 0.15) is 0 Å². The van der Waals surface area contributed by atoms with Gasteiger partial charge < -0.3 is 10.2 Å². The molecule has 3 rings (SSSR count). The first kappa shape index (κ1) is 16.1. The van der Waals surface area contributed by atoms with Gasteiger partial charge in [-0.15, -0.1) is 12.4 Å². The van der Waals surface area contributed by atoms with Gasteiger partial charge in [0.2, 0.25) is 5.91 Å². The Labute approximate surface area is 129 Å². The Morgan fingerprint density at radius 3 is 2.05 bits per heavy atom. The molecule has 0 aromatic carbocycles. The summed E-state index contributed by atoms with van der Waals surface area (Å²) in [5.74, 6) is 2.08. The maximum absolute atomic E-state index is 12.5. The Hall–Kier alpha value is -0.280. The van der Waals surface area contributed by atoms with Crippen molar-refractivity contribution in [3.63, 3.8) is 0 Å². The van der Waals surface area contributed by atoms with E-state index in [1.807, 2.05) is 0 Å². The fourth-order valence-corrected chi connectivity index (χ4v) is 3.38. The molecule has 0 bridgehead atoms. The molecule has 1 N–H and O–H groups in total. The Morgan fingerprint density at radius 1 is 1.00 bits per heavy atom. The molecule has 3 nitrogen and oxygen atoms in total. The highest BCUT2D eigenvalue weighted by Gasteiger charge is 2.38. The second-order valence-corrected chi connectivity index (χ2v) is 7.02. The molecule has 0 spiro atoms. The van der Waals surface area contributed by atoms with Gasteiger partial charge in [0.15, 0.2) is 0 Å². The van der Waals surface area contributed by atoms with Crippen LogP contribution in [0.1, 0.15) is 58.3 Å². The zero-order valence-corrected chi connectivity index (χ0v) is 13.5. The number of nitrogens with one attached hydrogen (secondary N) is 1. The van der Waals surface area contributed by atoms with E-state index in [1.54, 1.807) is 0 Å². The van der Waals surface area contributed by atoms with Crippen LogP contribution in [0, 0.1) is 11.8 Å². The fourth-order valence-electron chi connectivity index (χ4n) is 3.38. The third kappa shape index (κ3) is 4.36. The summed E-state index contributed by atoms with van der Waals surface area (Å²) in [6.45, 7) is 3.96. The van der Waals surface area contributed by atoms with Crippen LogP contribution in [-0.4, -0.2) is 36.0 Å². The number of nitrogens with zero attached hydrogens (tertiary/aromatic N) is 1. The maximum atomic E-state index is 12.5. The summed E-state index contributed by atoms with van der Waals surface area (Å²) in [5, 5.41) is 3.37. The van der Waals surface area contributed by atoms with Crippen LogP contribution in [0.5, 0.6) is 0 Å². The van der Waals surface area contributed by atoms with Crippen LogP contribution in [0.4, 0.5) is 0 Å². The largest absolute Gasteiger partial charge is 0.336 e. The molecule has 0 saturated heterocycles. The lowest BCUT2D eigenvalue weighted by Crippen LogP contribution is -2.47. The van der Waals surface area contributed by atoms with Gasteiger partial charge >= 0.3 is 0 Å². The summed E-state index contributed by atoms with van der Waals surface area (Å²) in [7, 11) is 0. The second kappa shape index (κ2) is 7.13. The SMILES string of the molecule is CC1CCC(N(C(=O)CNCC2CC2)C2CC2)CC1.Cl. The topological polar surface area (TPSA) is 32.3 Å². The third-order valence-corrected chi connectivity index (χ3v) is 5.01. The van der Waals surface area contributed by atoms with E-state index in [0.717, 1.165) is 18.4 Å². The molecule has 3 aliphatic rings. The van der Waals surface area contributed by atoms with Crippen molar-refractivity contribution in [2.75, 3.05) is 13.1 Å². The van der Waals surface area contributed by atoms with Crippen molar-refractivity contribution in [2.24, 2.45) is 11.8 Å². The molecule has 20 heavy (non-hydrogen) atoms. The normalized spacial score (nSPS) is 29.6. The highest BCUT2D eigenvalue weighted by atomic mass is 35.5. The molecule has 3 saturated carbocycles. The van der Waals surface area contributed by atoms with E-state index in [0.29, 0.717) is 24.5 Å². The van der Waals surface area contributed by atoms with Crippen molar-refractivity contribution in [2.45, 2.75) is 70.4 Å². The predicted molar refractivity (Wildman–Crippen MR) is 84.1 cm³/mol. The van der Waals surface area contributed by atoms with Gasteiger partial charge in [0.05, 0.1) is 6.54 Å². The van der Waals surface area contributed by atoms with E-state index >= 15 is 0 Å². The maximum Gasteiger partial charge on any atom is 0.237 e. The van der Waals surface area contributed by atoms with Crippen molar-refractivity contribution in [3.05, 3.63) is 0 Å². The Morgan fingerprint density at radius 2 is 1.55 bits per heavy atom. The number of carbonyl (C=O) groups is 1. The molecule has 0 aliphatic heterocycles. The quantitative estimate of drug-likeness (QED) is 0.818. The molecule has 1 amide bonds. The summed E-state index contributed by atoms with van der Waals surface area (Å²) in [6, 6.07) is 1.12. The van der Waals surface area contributed by atoms with Gasteiger partial charge in [-0.3, -0.25) is 4.79 Å². The summed E-state index contributed by atoms with van der Waals surface area (Å²) in [5.41, 5.74) is 0.